The van der Waals surface area contributed by atoms with Gasteiger partial charge in [-0.25, -0.2) is 0 Å². The van der Waals surface area contributed by atoms with Crippen LogP contribution in [0.15, 0.2) is 30.5 Å². The van der Waals surface area contributed by atoms with Crippen molar-refractivity contribution in [2.45, 2.75) is 25.9 Å². The number of halogens is 1. The molecule has 2 atom stereocenters. The van der Waals surface area contributed by atoms with E-state index in [1.165, 1.54) is 0 Å². The highest BCUT2D eigenvalue weighted by molar-refractivity contribution is 6.31. The molecule has 0 spiro atoms. The minimum atomic E-state index is -0.119. The van der Waals surface area contributed by atoms with E-state index in [1.807, 2.05) is 38.1 Å². The molecule has 2 unspecified atom stereocenters. The van der Waals surface area contributed by atoms with Gasteiger partial charge in [0.1, 0.15) is 5.75 Å². The molecular formula is C14H18ClN3O. The zero-order chi connectivity index (χ0) is 14.0. The lowest BCUT2D eigenvalue weighted by Gasteiger charge is -2.23. The molecule has 2 N–H and O–H groups in total. The Morgan fingerprint density at radius 3 is 2.58 bits per heavy atom. The molecule has 0 aliphatic heterocycles. The Balaban J connectivity index is 2.51. The molecule has 0 amide bonds. The monoisotopic (exact) mass is 279 g/mol. The lowest BCUT2D eigenvalue weighted by molar-refractivity contribution is 0.385. The van der Waals surface area contributed by atoms with Gasteiger partial charge in [0.2, 0.25) is 0 Å². The van der Waals surface area contributed by atoms with Crippen LogP contribution in [0.5, 0.6) is 5.75 Å². The number of aromatic nitrogens is 2. The van der Waals surface area contributed by atoms with Gasteiger partial charge < -0.3 is 10.5 Å². The number of ether oxygens (including phenoxy) is 1. The molecule has 0 saturated carbocycles. The third kappa shape index (κ3) is 2.74. The minimum Gasteiger partial charge on any atom is -0.496 e. The number of nitrogens with two attached hydrogens (primary N) is 1. The Morgan fingerprint density at radius 2 is 2.05 bits per heavy atom. The van der Waals surface area contributed by atoms with E-state index in [0.717, 1.165) is 17.0 Å². The van der Waals surface area contributed by atoms with E-state index in [9.17, 15) is 0 Å². The van der Waals surface area contributed by atoms with E-state index in [-0.39, 0.29) is 12.1 Å². The molecule has 0 fully saturated rings. The van der Waals surface area contributed by atoms with Crippen LogP contribution in [0.1, 0.15) is 24.2 Å². The molecule has 2 rings (SSSR count). The Kier molecular flexibility index (Phi) is 4.12. The van der Waals surface area contributed by atoms with Crippen LogP contribution in [0.25, 0.3) is 0 Å². The standard InChI is InChI=1S/C14H18ClN3O/c1-9(16)14(18-8-12(15)10(2)17-18)11-6-4-5-7-13(11)19-3/h4-9,14H,16H2,1-3H3. The number of hydrogen-bond acceptors (Lipinski definition) is 3. The topological polar surface area (TPSA) is 53.1 Å². The predicted octanol–water partition coefficient (Wildman–Crippen LogP) is 2.79. The zero-order valence-electron chi connectivity index (χ0n) is 11.3. The van der Waals surface area contributed by atoms with Gasteiger partial charge in [0.05, 0.1) is 23.9 Å². The van der Waals surface area contributed by atoms with Crippen molar-refractivity contribution in [1.29, 1.82) is 0 Å². The van der Waals surface area contributed by atoms with Crippen LogP contribution >= 0.6 is 11.6 Å². The molecule has 0 radical (unpaired) electrons. The highest BCUT2D eigenvalue weighted by atomic mass is 35.5. The van der Waals surface area contributed by atoms with E-state index in [2.05, 4.69) is 5.10 Å². The van der Waals surface area contributed by atoms with Crippen molar-refractivity contribution >= 4 is 11.6 Å². The summed E-state index contributed by atoms with van der Waals surface area (Å²) in [4.78, 5) is 0. The Hall–Kier alpha value is -1.52. The molecular weight excluding hydrogens is 262 g/mol. The lowest BCUT2D eigenvalue weighted by Crippen LogP contribution is -2.31. The second kappa shape index (κ2) is 5.63. The number of nitrogens with zero attached hydrogens (tertiary/aromatic N) is 2. The lowest BCUT2D eigenvalue weighted by atomic mass is 10.0. The molecule has 0 aliphatic carbocycles. The molecule has 1 aromatic heterocycles. The van der Waals surface area contributed by atoms with Crippen LogP contribution in [0.2, 0.25) is 5.02 Å². The van der Waals surface area contributed by atoms with E-state index in [1.54, 1.807) is 18.0 Å². The van der Waals surface area contributed by atoms with E-state index < -0.39 is 0 Å². The van der Waals surface area contributed by atoms with Gasteiger partial charge in [-0.15, -0.1) is 0 Å². The summed E-state index contributed by atoms with van der Waals surface area (Å²) in [5, 5.41) is 5.07. The summed E-state index contributed by atoms with van der Waals surface area (Å²) in [6, 6.07) is 7.59. The molecule has 1 heterocycles. The third-order valence-corrected chi connectivity index (χ3v) is 3.47. The maximum absolute atomic E-state index is 6.12. The first-order chi connectivity index (χ1) is 9.04. The summed E-state index contributed by atoms with van der Waals surface area (Å²) in [5.41, 5.74) is 7.92. The third-order valence-electron chi connectivity index (χ3n) is 3.10. The van der Waals surface area contributed by atoms with Crippen molar-refractivity contribution < 1.29 is 4.74 Å². The summed E-state index contributed by atoms with van der Waals surface area (Å²) in [7, 11) is 1.65. The Bertz CT molecular complexity index is 546. The largest absolute Gasteiger partial charge is 0.496 e. The molecule has 1 aromatic carbocycles. The first-order valence-electron chi connectivity index (χ1n) is 6.14. The average molecular weight is 280 g/mol. The fourth-order valence-electron chi connectivity index (χ4n) is 2.18. The van der Waals surface area contributed by atoms with Gasteiger partial charge >= 0.3 is 0 Å². The highest BCUT2D eigenvalue weighted by Gasteiger charge is 2.23. The molecule has 19 heavy (non-hydrogen) atoms. The highest BCUT2D eigenvalue weighted by Crippen LogP contribution is 2.30. The predicted molar refractivity (Wildman–Crippen MR) is 76.8 cm³/mol. The number of para-hydroxylation sites is 1. The van der Waals surface area contributed by atoms with Crippen LogP contribution in [-0.2, 0) is 0 Å². The second-order valence-electron chi connectivity index (χ2n) is 4.59. The molecule has 0 aliphatic rings. The fraction of sp³-hybridized carbons (Fsp3) is 0.357. The summed E-state index contributed by atoms with van der Waals surface area (Å²) < 4.78 is 7.21. The summed E-state index contributed by atoms with van der Waals surface area (Å²) in [6.45, 7) is 3.82. The SMILES string of the molecule is COc1ccccc1C(C(C)N)n1cc(Cl)c(C)n1. The number of aryl methyl sites for hydroxylation is 1. The quantitative estimate of drug-likeness (QED) is 0.936. The number of benzene rings is 1. The van der Waals surface area contributed by atoms with Gasteiger partial charge in [0.15, 0.2) is 0 Å². The van der Waals surface area contributed by atoms with Crippen LogP contribution in [0.3, 0.4) is 0 Å². The van der Waals surface area contributed by atoms with Crippen molar-refractivity contribution in [1.82, 2.24) is 9.78 Å². The summed E-state index contributed by atoms with van der Waals surface area (Å²) in [5.74, 6) is 0.800. The van der Waals surface area contributed by atoms with Crippen molar-refractivity contribution in [3.05, 3.63) is 46.7 Å². The normalized spacial score (nSPS) is 14.2. The van der Waals surface area contributed by atoms with Crippen LogP contribution in [0, 0.1) is 6.92 Å². The van der Waals surface area contributed by atoms with Gasteiger partial charge in [-0.3, -0.25) is 4.68 Å². The molecule has 0 bridgehead atoms. The van der Waals surface area contributed by atoms with E-state index >= 15 is 0 Å². The van der Waals surface area contributed by atoms with E-state index in [4.69, 9.17) is 22.1 Å². The van der Waals surface area contributed by atoms with Gasteiger partial charge in [-0.1, -0.05) is 29.8 Å². The Morgan fingerprint density at radius 1 is 1.37 bits per heavy atom. The number of methoxy groups -OCH3 is 1. The zero-order valence-corrected chi connectivity index (χ0v) is 12.1. The van der Waals surface area contributed by atoms with Crippen molar-refractivity contribution in [3.8, 4) is 5.75 Å². The summed E-state index contributed by atoms with van der Waals surface area (Å²) >= 11 is 6.08. The molecule has 5 heteroatoms. The van der Waals surface area contributed by atoms with Crippen molar-refractivity contribution in [3.63, 3.8) is 0 Å². The van der Waals surface area contributed by atoms with Gasteiger partial charge in [-0.05, 0) is 19.9 Å². The number of rotatable bonds is 4. The van der Waals surface area contributed by atoms with E-state index in [0.29, 0.717) is 5.02 Å². The van der Waals surface area contributed by atoms with Gasteiger partial charge in [-0.2, -0.15) is 5.10 Å². The number of hydrogen-bond donors (Lipinski definition) is 1. The second-order valence-corrected chi connectivity index (χ2v) is 5.00. The maximum Gasteiger partial charge on any atom is 0.124 e. The van der Waals surface area contributed by atoms with Crippen molar-refractivity contribution in [2.24, 2.45) is 5.73 Å². The molecule has 102 valence electrons. The molecule has 2 aromatic rings. The van der Waals surface area contributed by atoms with Crippen LogP contribution < -0.4 is 10.5 Å². The van der Waals surface area contributed by atoms with Gasteiger partial charge in [0.25, 0.3) is 0 Å². The first kappa shape index (κ1) is 13.9. The minimum absolute atomic E-state index is 0.109. The molecule has 4 nitrogen and oxygen atoms in total. The first-order valence-corrected chi connectivity index (χ1v) is 6.52. The molecule has 0 saturated heterocycles. The average Bonchev–Trinajstić information content (AvgIpc) is 2.69. The smallest absolute Gasteiger partial charge is 0.124 e. The fourth-order valence-corrected chi connectivity index (χ4v) is 2.32. The van der Waals surface area contributed by atoms with Crippen molar-refractivity contribution in [2.75, 3.05) is 7.11 Å². The van der Waals surface area contributed by atoms with Crippen LogP contribution in [0.4, 0.5) is 0 Å². The summed E-state index contributed by atoms with van der Waals surface area (Å²) in [6.07, 6.45) is 1.80. The maximum atomic E-state index is 6.12. The van der Waals surface area contributed by atoms with Crippen LogP contribution in [-0.4, -0.2) is 22.9 Å². The Labute approximate surface area is 118 Å². The van der Waals surface area contributed by atoms with Gasteiger partial charge in [0, 0.05) is 17.8 Å².